The van der Waals surface area contributed by atoms with Crippen molar-refractivity contribution < 1.29 is 14.3 Å². The lowest BCUT2D eigenvalue weighted by atomic mass is 10.1. The van der Waals surface area contributed by atoms with Crippen molar-refractivity contribution in [1.82, 2.24) is 0 Å². The minimum atomic E-state index is -2.55. The highest BCUT2D eigenvalue weighted by Gasteiger charge is 2.50. The summed E-state index contributed by atoms with van der Waals surface area (Å²) in [5.74, 6) is 0.00273. The van der Waals surface area contributed by atoms with E-state index in [2.05, 4.69) is 69.3 Å². The molecule has 2 rings (SSSR count). The zero-order valence-electron chi connectivity index (χ0n) is 16.2. The summed E-state index contributed by atoms with van der Waals surface area (Å²) >= 11 is 0. The zero-order valence-corrected chi connectivity index (χ0v) is 17.2. The van der Waals surface area contributed by atoms with E-state index in [0.717, 1.165) is 0 Å². The number of carbonyl (C=O) groups is 1. The highest BCUT2D eigenvalue weighted by atomic mass is 28.4. The number of ketones is 1. The zero-order chi connectivity index (χ0) is 19.2. The van der Waals surface area contributed by atoms with Crippen LogP contribution in [0.1, 0.15) is 40.5 Å². The summed E-state index contributed by atoms with van der Waals surface area (Å²) in [5.41, 5.74) is 0. The fraction of sp³-hybridized carbons (Fsp3) is 0.409. The number of rotatable bonds is 8. The van der Waals surface area contributed by atoms with Gasteiger partial charge in [-0.1, -0.05) is 81.4 Å². The lowest BCUT2D eigenvalue weighted by Gasteiger charge is -2.43. The lowest BCUT2D eigenvalue weighted by Crippen LogP contribution is -2.66. The van der Waals surface area contributed by atoms with Gasteiger partial charge in [0.05, 0.1) is 6.10 Å². The minimum Gasteiger partial charge on any atom is -0.407 e. The van der Waals surface area contributed by atoms with Gasteiger partial charge in [-0.05, 0) is 28.8 Å². The van der Waals surface area contributed by atoms with Crippen molar-refractivity contribution in [3.05, 3.63) is 60.7 Å². The van der Waals surface area contributed by atoms with Crippen molar-refractivity contribution in [2.45, 2.75) is 51.7 Å². The van der Waals surface area contributed by atoms with Crippen LogP contribution in [0.3, 0.4) is 0 Å². The number of hydrogen-bond acceptors (Lipinski definition) is 3. The molecule has 0 aliphatic rings. The molecule has 1 N–H and O–H groups in total. The van der Waals surface area contributed by atoms with Gasteiger partial charge in [-0.2, -0.15) is 0 Å². The van der Waals surface area contributed by atoms with Crippen molar-refractivity contribution in [2.24, 2.45) is 0 Å². The molecule has 3 nitrogen and oxygen atoms in total. The van der Waals surface area contributed by atoms with Crippen LogP contribution < -0.4 is 10.4 Å². The molecule has 4 heteroatoms. The van der Waals surface area contributed by atoms with E-state index in [-0.39, 0.29) is 17.2 Å². The lowest BCUT2D eigenvalue weighted by molar-refractivity contribution is -0.118. The van der Waals surface area contributed by atoms with Crippen LogP contribution in [0.5, 0.6) is 0 Å². The molecular formula is C22H30O3Si. The van der Waals surface area contributed by atoms with Gasteiger partial charge in [-0.25, -0.2) is 0 Å². The molecule has 2 aromatic rings. The highest BCUT2D eigenvalue weighted by molar-refractivity contribution is 6.99. The third kappa shape index (κ3) is 4.70. The van der Waals surface area contributed by atoms with Crippen LogP contribution >= 0.6 is 0 Å². The second-order valence-corrected chi connectivity index (χ2v) is 12.2. The summed E-state index contributed by atoms with van der Waals surface area (Å²) in [6.07, 6.45) is -0.000478. The second-order valence-electron chi connectivity index (χ2n) is 7.86. The largest absolute Gasteiger partial charge is 0.407 e. The maximum atomic E-state index is 11.2. The number of hydrogen-bond donors (Lipinski definition) is 1. The normalized spacial score (nSPS) is 13.4. The van der Waals surface area contributed by atoms with Gasteiger partial charge in [0.25, 0.3) is 8.32 Å². The van der Waals surface area contributed by atoms with Gasteiger partial charge in [0.2, 0.25) is 0 Å². The fourth-order valence-electron chi connectivity index (χ4n) is 3.54. The number of aliphatic hydroxyl groups excluding tert-OH is 1. The first kappa shape index (κ1) is 20.6. The summed E-state index contributed by atoms with van der Waals surface area (Å²) < 4.78 is 6.69. The Balaban J connectivity index is 2.39. The first-order valence-electron chi connectivity index (χ1n) is 9.20. The molecule has 26 heavy (non-hydrogen) atoms. The summed E-state index contributed by atoms with van der Waals surface area (Å²) in [6, 6.07) is 20.9. The molecule has 0 aliphatic carbocycles. The molecule has 0 bridgehead atoms. The number of carbonyl (C=O) groups excluding carboxylic acids is 1. The summed E-state index contributed by atoms with van der Waals surface area (Å²) in [7, 11) is -2.55. The molecule has 2 aromatic carbocycles. The molecular weight excluding hydrogens is 340 g/mol. The number of aliphatic hydroxyl groups is 1. The second kappa shape index (κ2) is 8.76. The van der Waals surface area contributed by atoms with E-state index in [1.54, 1.807) is 0 Å². The molecule has 0 aromatic heterocycles. The SMILES string of the molecule is CC(=O)C[C@H](O)CCO[Si](c1ccccc1)(c1ccccc1)C(C)(C)C. The van der Waals surface area contributed by atoms with Gasteiger partial charge in [-0.15, -0.1) is 0 Å². The van der Waals surface area contributed by atoms with Crippen LogP contribution in [0.4, 0.5) is 0 Å². The van der Waals surface area contributed by atoms with Crippen LogP contribution in [0.25, 0.3) is 0 Å². The third-order valence-corrected chi connectivity index (χ3v) is 9.75. The van der Waals surface area contributed by atoms with E-state index in [1.165, 1.54) is 17.3 Å². The van der Waals surface area contributed by atoms with Crippen molar-refractivity contribution in [1.29, 1.82) is 0 Å². The van der Waals surface area contributed by atoms with Gasteiger partial charge in [0.15, 0.2) is 0 Å². The monoisotopic (exact) mass is 370 g/mol. The summed E-state index contributed by atoms with van der Waals surface area (Å²) in [6.45, 7) is 8.62. The molecule has 0 fully saturated rings. The summed E-state index contributed by atoms with van der Waals surface area (Å²) in [5, 5.41) is 12.4. The molecule has 0 radical (unpaired) electrons. The average Bonchev–Trinajstić information content (AvgIpc) is 2.58. The predicted octanol–water partition coefficient (Wildman–Crippen LogP) is 3.29. The Morgan fingerprint density at radius 1 is 1.00 bits per heavy atom. The van der Waals surface area contributed by atoms with E-state index in [0.29, 0.717) is 13.0 Å². The Bertz CT molecular complexity index is 653. The molecule has 0 aliphatic heterocycles. The highest BCUT2D eigenvalue weighted by Crippen LogP contribution is 2.36. The van der Waals surface area contributed by atoms with Gasteiger partial charge in [0, 0.05) is 13.0 Å². The standard InChI is InChI=1S/C22H30O3Si/c1-18(23)17-19(24)15-16-25-26(22(2,3)4,20-11-7-5-8-12-20)21-13-9-6-10-14-21/h5-14,19,24H,15-17H2,1-4H3/t19-/m1/s1. The quantitative estimate of drug-likeness (QED) is 0.725. The maximum Gasteiger partial charge on any atom is 0.261 e. The van der Waals surface area contributed by atoms with E-state index < -0.39 is 14.4 Å². The molecule has 0 amide bonds. The van der Waals surface area contributed by atoms with Gasteiger partial charge < -0.3 is 9.53 Å². The van der Waals surface area contributed by atoms with Crippen LogP contribution in [-0.4, -0.2) is 31.9 Å². The van der Waals surface area contributed by atoms with E-state index >= 15 is 0 Å². The first-order chi connectivity index (χ1) is 12.3. The van der Waals surface area contributed by atoms with Crippen molar-refractivity contribution >= 4 is 24.5 Å². The topological polar surface area (TPSA) is 46.5 Å². The first-order valence-corrected chi connectivity index (χ1v) is 11.1. The summed E-state index contributed by atoms with van der Waals surface area (Å²) in [4.78, 5) is 11.2. The Kier molecular flexibility index (Phi) is 6.92. The Morgan fingerprint density at radius 3 is 1.85 bits per heavy atom. The van der Waals surface area contributed by atoms with E-state index in [9.17, 15) is 9.90 Å². The predicted molar refractivity (Wildman–Crippen MR) is 109 cm³/mol. The molecule has 0 saturated heterocycles. The van der Waals surface area contributed by atoms with Crippen molar-refractivity contribution in [3.8, 4) is 0 Å². The van der Waals surface area contributed by atoms with Gasteiger partial charge in [-0.3, -0.25) is 4.79 Å². The van der Waals surface area contributed by atoms with Gasteiger partial charge in [0.1, 0.15) is 5.78 Å². The minimum absolute atomic E-state index is 0.00273. The number of Topliss-reactive ketones (excluding diaryl/α,β-unsaturated/α-hetero) is 1. The fourth-order valence-corrected chi connectivity index (χ4v) is 8.12. The van der Waals surface area contributed by atoms with Gasteiger partial charge >= 0.3 is 0 Å². The molecule has 0 unspecified atom stereocenters. The van der Waals surface area contributed by atoms with E-state index in [4.69, 9.17) is 4.43 Å². The molecule has 140 valence electrons. The smallest absolute Gasteiger partial charge is 0.261 e. The molecule has 1 atom stereocenters. The maximum absolute atomic E-state index is 11.2. The third-order valence-electron chi connectivity index (χ3n) is 4.71. The van der Waals surface area contributed by atoms with E-state index in [1.807, 2.05) is 12.1 Å². The van der Waals surface area contributed by atoms with Crippen LogP contribution in [0, 0.1) is 0 Å². The van der Waals surface area contributed by atoms with Crippen LogP contribution in [0.15, 0.2) is 60.7 Å². The number of benzene rings is 2. The Labute approximate surface area is 158 Å². The van der Waals surface area contributed by atoms with Crippen molar-refractivity contribution in [2.75, 3.05) is 6.61 Å². The molecule has 0 spiro atoms. The Hall–Kier alpha value is -1.75. The van der Waals surface area contributed by atoms with Crippen LogP contribution in [-0.2, 0) is 9.22 Å². The molecule has 0 saturated carbocycles. The molecule has 0 heterocycles. The average molecular weight is 371 g/mol. The van der Waals surface area contributed by atoms with Crippen LogP contribution in [0.2, 0.25) is 5.04 Å². The van der Waals surface area contributed by atoms with Crippen molar-refractivity contribution in [3.63, 3.8) is 0 Å². The Morgan fingerprint density at radius 2 is 1.46 bits per heavy atom.